The van der Waals surface area contributed by atoms with E-state index in [1.165, 1.54) is 26.2 Å². The molecule has 2 fully saturated rings. The van der Waals surface area contributed by atoms with Gasteiger partial charge in [-0.25, -0.2) is 0 Å². The van der Waals surface area contributed by atoms with Crippen LogP contribution in [0.15, 0.2) is 12.1 Å². The summed E-state index contributed by atoms with van der Waals surface area (Å²) in [6.45, 7) is 0.654. The van der Waals surface area contributed by atoms with Crippen LogP contribution in [0.1, 0.15) is 10.4 Å². The summed E-state index contributed by atoms with van der Waals surface area (Å²) in [5, 5.41) is -0.241. The Balaban J connectivity index is 1.74. The number of hydrogen-bond donors (Lipinski definition) is 0. The molecule has 0 aromatic heterocycles. The number of ether oxygens (including phenoxy) is 3. The van der Waals surface area contributed by atoms with Gasteiger partial charge in [-0.15, -0.1) is 0 Å². The van der Waals surface area contributed by atoms with Crippen LogP contribution in [0, 0.1) is 0 Å². The fourth-order valence-electron chi connectivity index (χ4n) is 2.89. The van der Waals surface area contributed by atoms with E-state index in [9.17, 15) is 14.4 Å². The van der Waals surface area contributed by atoms with E-state index in [4.69, 9.17) is 14.2 Å². The summed E-state index contributed by atoms with van der Waals surface area (Å²) >= 11 is 0.998. The second-order valence-electron chi connectivity index (χ2n) is 5.60. The largest absolute Gasteiger partial charge is 0.493 e. The molecule has 3 amide bonds. The number of likely N-dealkylation sites (tertiary alicyclic amines) is 1. The number of hydrogen-bond acceptors (Lipinski definition) is 7. The van der Waals surface area contributed by atoms with E-state index < -0.39 is 0 Å². The van der Waals surface area contributed by atoms with Crippen LogP contribution in [0.4, 0.5) is 4.79 Å². The molecule has 0 saturated carbocycles. The minimum absolute atomic E-state index is 0.177. The van der Waals surface area contributed by atoms with Gasteiger partial charge >= 0.3 is 0 Å². The Hall–Kier alpha value is -2.42. The lowest BCUT2D eigenvalue weighted by molar-refractivity contribution is -0.128. The molecule has 9 heteroatoms. The molecule has 2 heterocycles. The van der Waals surface area contributed by atoms with Gasteiger partial charge in [-0.05, 0) is 12.1 Å². The number of thioether (sulfide) groups is 1. The SMILES string of the molecule is COc1cc(C(=O)N2CC(N3C(=O)CSC3=O)C2)cc(OC)c1OC. The molecule has 0 bridgehead atoms. The van der Waals surface area contributed by atoms with Gasteiger partial charge in [0.25, 0.3) is 11.1 Å². The van der Waals surface area contributed by atoms with Crippen LogP contribution >= 0.6 is 11.8 Å². The molecule has 2 aliphatic rings. The van der Waals surface area contributed by atoms with Gasteiger partial charge in [0.1, 0.15) is 0 Å². The highest BCUT2D eigenvalue weighted by Gasteiger charge is 2.43. The molecule has 1 aromatic rings. The van der Waals surface area contributed by atoms with Crippen LogP contribution in [0.5, 0.6) is 17.2 Å². The average Bonchev–Trinajstić information content (AvgIpc) is 2.91. The molecule has 0 radical (unpaired) electrons. The van der Waals surface area contributed by atoms with Crippen LogP contribution in [0.25, 0.3) is 0 Å². The van der Waals surface area contributed by atoms with E-state index in [1.807, 2.05) is 0 Å². The maximum Gasteiger partial charge on any atom is 0.289 e. The molecule has 134 valence electrons. The maximum absolute atomic E-state index is 12.7. The lowest BCUT2D eigenvalue weighted by Crippen LogP contribution is -2.62. The molecule has 25 heavy (non-hydrogen) atoms. The van der Waals surface area contributed by atoms with Crippen molar-refractivity contribution >= 4 is 28.8 Å². The third-order valence-electron chi connectivity index (χ3n) is 4.21. The number of rotatable bonds is 5. The first-order chi connectivity index (χ1) is 12.0. The number of carbonyl (C=O) groups excluding carboxylic acids is 3. The van der Waals surface area contributed by atoms with Gasteiger partial charge in [-0.2, -0.15) is 0 Å². The average molecular weight is 366 g/mol. The number of benzene rings is 1. The molecule has 3 rings (SSSR count). The van der Waals surface area contributed by atoms with Gasteiger partial charge in [0, 0.05) is 18.7 Å². The van der Waals surface area contributed by atoms with Crippen molar-refractivity contribution in [1.82, 2.24) is 9.80 Å². The number of carbonyl (C=O) groups is 3. The van der Waals surface area contributed by atoms with Gasteiger partial charge in [0.05, 0.1) is 33.1 Å². The summed E-state index contributed by atoms with van der Waals surface area (Å²) in [5.41, 5.74) is 0.390. The quantitative estimate of drug-likeness (QED) is 0.775. The van der Waals surface area contributed by atoms with E-state index >= 15 is 0 Å². The van der Waals surface area contributed by atoms with Crippen molar-refractivity contribution in [3.8, 4) is 17.2 Å². The predicted octanol–water partition coefficient (Wildman–Crippen LogP) is 1.23. The van der Waals surface area contributed by atoms with Crippen molar-refractivity contribution in [1.29, 1.82) is 0 Å². The normalized spacial score (nSPS) is 17.6. The number of amides is 3. The Morgan fingerprint density at radius 1 is 1.08 bits per heavy atom. The Morgan fingerprint density at radius 3 is 2.12 bits per heavy atom. The Bertz CT molecular complexity index is 690. The van der Waals surface area contributed by atoms with Crippen molar-refractivity contribution in [3.63, 3.8) is 0 Å². The molecule has 2 aliphatic heterocycles. The number of methoxy groups -OCH3 is 3. The highest BCUT2D eigenvalue weighted by Crippen LogP contribution is 2.39. The van der Waals surface area contributed by atoms with E-state index in [1.54, 1.807) is 17.0 Å². The van der Waals surface area contributed by atoms with Crippen LogP contribution in [0.3, 0.4) is 0 Å². The first-order valence-corrected chi connectivity index (χ1v) is 8.56. The van der Waals surface area contributed by atoms with E-state index in [2.05, 4.69) is 0 Å². The van der Waals surface area contributed by atoms with Crippen LogP contribution in [0.2, 0.25) is 0 Å². The zero-order valence-corrected chi connectivity index (χ0v) is 14.9. The van der Waals surface area contributed by atoms with Crippen molar-refractivity contribution < 1.29 is 28.6 Å². The van der Waals surface area contributed by atoms with E-state index in [0.717, 1.165) is 11.8 Å². The van der Waals surface area contributed by atoms with Gasteiger partial charge < -0.3 is 19.1 Å². The Morgan fingerprint density at radius 2 is 1.68 bits per heavy atom. The third kappa shape index (κ3) is 2.99. The van der Waals surface area contributed by atoms with Crippen molar-refractivity contribution in [2.75, 3.05) is 40.2 Å². The van der Waals surface area contributed by atoms with Crippen LogP contribution in [-0.2, 0) is 4.79 Å². The minimum Gasteiger partial charge on any atom is -0.493 e. The van der Waals surface area contributed by atoms with Crippen LogP contribution < -0.4 is 14.2 Å². The first kappa shape index (κ1) is 17.4. The van der Waals surface area contributed by atoms with Crippen molar-refractivity contribution in [2.24, 2.45) is 0 Å². The highest BCUT2D eigenvalue weighted by molar-refractivity contribution is 8.14. The first-order valence-electron chi connectivity index (χ1n) is 7.58. The van der Waals surface area contributed by atoms with Crippen molar-refractivity contribution in [3.05, 3.63) is 17.7 Å². The molecule has 0 aliphatic carbocycles. The van der Waals surface area contributed by atoms with Crippen molar-refractivity contribution in [2.45, 2.75) is 6.04 Å². The zero-order chi connectivity index (χ0) is 18.1. The molecule has 0 spiro atoms. The maximum atomic E-state index is 12.7. The Labute approximate surface area is 149 Å². The topological polar surface area (TPSA) is 85.4 Å². The van der Waals surface area contributed by atoms with Gasteiger partial charge in [-0.3, -0.25) is 19.3 Å². The third-order valence-corrected chi connectivity index (χ3v) is 5.05. The molecular weight excluding hydrogens is 348 g/mol. The zero-order valence-electron chi connectivity index (χ0n) is 14.1. The molecule has 8 nitrogen and oxygen atoms in total. The summed E-state index contributed by atoms with van der Waals surface area (Å²) < 4.78 is 15.8. The summed E-state index contributed by atoms with van der Waals surface area (Å²) in [4.78, 5) is 39.0. The summed E-state index contributed by atoms with van der Waals surface area (Å²) in [6, 6.07) is 2.92. The summed E-state index contributed by atoms with van der Waals surface area (Å²) in [5.74, 6) is 0.957. The lowest BCUT2D eigenvalue weighted by Gasteiger charge is -2.42. The molecule has 0 atom stereocenters. The highest BCUT2D eigenvalue weighted by atomic mass is 32.2. The number of nitrogens with zero attached hydrogens (tertiary/aromatic N) is 2. The van der Waals surface area contributed by atoms with E-state index in [0.29, 0.717) is 35.9 Å². The monoisotopic (exact) mass is 366 g/mol. The Kier molecular flexibility index (Phi) is 4.76. The second-order valence-corrected chi connectivity index (χ2v) is 6.52. The molecule has 0 unspecified atom stereocenters. The fourth-order valence-corrected chi connectivity index (χ4v) is 3.66. The summed E-state index contributed by atoms with van der Waals surface area (Å²) in [6.07, 6.45) is 0. The molecular formula is C16H18N2O6S. The standard InChI is InChI=1S/C16H18N2O6S/c1-22-11-4-9(5-12(23-2)14(11)24-3)15(20)17-6-10(7-17)18-13(19)8-25-16(18)21/h4-5,10H,6-8H2,1-3H3. The van der Waals surface area contributed by atoms with Gasteiger partial charge in [-0.1, -0.05) is 11.8 Å². The molecule has 0 N–H and O–H groups in total. The van der Waals surface area contributed by atoms with Crippen LogP contribution in [-0.4, -0.2) is 73.1 Å². The summed E-state index contributed by atoms with van der Waals surface area (Å²) in [7, 11) is 4.45. The predicted molar refractivity (Wildman–Crippen MR) is 90.5 cm³/mol. The van der Waals surface area contributed by atoms with Gasteiger partial charge in [0.2, 0.25) is 11.7 Å². The fraction of sp³-hybridized carbons (Fsp3) is 0.438. The molecule has 2 saturated heterocycles. The molecule has 1 aromatic carbocycles. The second kappa shape index (κ2) is 6.83. The van der Waals surface area contributed by atoms with E-state index in [-0.39, 0.29) is 28.8 Å². The lowest BCUT2D eigenvalue weighted by atomic mass is 10.0. The van der Waals surface area contributed by atoms with Gasteiger partial charge in [0.15, 0.2) is 11.5 Å². The number of imide groups is 1. The smallest absolute Gasteiger partial charge is 0.289 e. The minimum atomic E-state index is -0.249.